The van der Waals surface area contributed by atoms with Gasteiger partial charge in [-0.3, -0.25) is 14.5 Å². The Balaban J connectivity index is 1.37. The third-order valence-corrected chi connectivity index (χ3v) is 7.28. The fraction of sp³-hybridized carbons (Fsp3) is 0.684. The summed E-state index contributed by atoms with van der Waals surface area (Å²) in [5, 5.41) is 0. The van der Waals surface area contributed by atoms with Gasteiger partial charge in [-0.15, -0.1) is 11.3 Å². The summed E-state index contributed by atoms with van der Waals surface area (Å²) in [5.41, 5.74) is 6.95. The van der Waals surface area contributed by atoms with E-state index in [1.54, 1.807) is 11.3 Å². The van der Waals surface area contributed by atoms with E-state index >= 15 is 0 Å². The Hall–Kier alpha value is -1.40. The zero-order chi connectivity index (χ0) is 17.4. The van der Waals surface area contributed by atoms with Crippen molar-refractivity contribution in [2.45, 2.75) is 63.5 Å². The molecule has 0 radical (unpaired) electrons. The second-order valence-electron chi connectivity index (χ2n) is 7.59. The van der Waals surface area contributed by atoms with E-state index in [2.05, 4.69) is 11.0 Å². The van der Waals surface area contributed by atoms with E-state index in [1.165, 1.54) is 23.3 Å². The number of nitrogens with zero attached hydrogens (tertiary/aromatic N) is 2. The van der Waals surface area contributed by atoms with Gasteiger partial charge in [0.05, 0.1) is 10.9 Å². The quantitative estimate of drug-likeness (QED) is 0.897. The fourth-order valence-electron chi connectivity index (χ4n) is 4.68. The topological polar surface area (TPSA) is 66.6 Å². The molecule has 0 spiro atoms. The molecular weight excluding hydrogens is 334 g/mol. The minimum atomic E-state index is -0.194. The van der Waals surface area contributed by atoms with E-state index in [1.807, 2.05) is 4.90 Å². The van der Waals surface area contributed by atoms with Crippen LogP contribution < -0.4 is 5.73 Å². The molecule has 3 aliphatic rings. The standard InChI is InChI=1S/C19H27N3O2S/c20-18(23)15-5-3-9-22(15)14-7-10-21(11-8-14)19(24)17-12-13-4-1-2-6-16(13)25-17/h12,14-15H,1-11H2,(H2,20,23). The predicted molar refractivity (Wildman–Crippen MR) is 98.8 cm³/mol. The molecule has 1 aliphatic carbocycles. The highest BCUT2D eigenvalue weighted by Gasteiger charge is 2.36. The lowest BCUT2D eigenvalue weighted by Gasteiger charge is -2.38. The molecule has 2 N–H and O–H groups in total. The maximum atomic E-state index is 12.9. The fourth-order valence-corrected chi connectivity index (χ4v) is 5.91. The molecule has 25 heavy (non-hydrogen) atoms. The summed E-state index contributed by atoms with van der Waals surface area (Å²) in [6.07, 6.45) is 8.59. The van der Waals surface area contributed by atoms with E-state index in [0.717, 1.165) is 63.0 Å². The maximum Gasteiger partial charge on any atom is 0.263 e. The van der Waals surface area contributed by atoms with Gasteiger partial charge in [0.15, 0.2) is 0 Å². The molecule has 0 aromatic carbocycles. The van der Waals surface area contributed by atoms with E-state index in [0.29, 0.717) is 6.04 Å². The van der Waals surface area contributed by atoms with Gasteiger partial charge in [-0.25, -0.2) is 0 Å². The molecule has 3 heterocycles. The van der Waals surface area contributed by atoms with Crippen molar-refractivity contribution in [1.82, 2.24) is 9.80 Å². The number of aryl methyl sites for hydroxylation is 2. The molecule has 1 unspecified atom stereocenters. The zero-order valence-corrected chi connectivity index (χ0v) is 15.5. The van der Waals surface area contributed by atoms with Crippen molar-refractivity contribution in [1.29, 1.82) is 0 Å². The molecule has 1 aromatic heterocycles. The third-order valence-electron chi connectivity index (χ3n) is 6.05. The molecule has 1 atom stereocenters. The first-order valence-electron chi connectivity index (χ1n) is 9.59. The number of nitrogens with two attached hydrogens (primary N) is 1. The van der Waals surface area contributed by atoms with Gasteiger partial charge in [0.2, 0.25) is 5.91 Å². The molecule has 136 valence electrons. The van der Waals surface area contributed by atoms with Gasteiger partial charge in [-0.2, -0.15) is 0 Å². The second kappa shape index (κ2) is 7.08. The normalized spacial score (nSPS) is 25.1. The largest absolute Gasteiger partial charge is 0.368 e. The first-order valence-corrected chi connectivity index (χ1v) is 10.4. The Kier molecular flexibility index (Phi) is 4.82. The van der Waals surface area contributed by atoms with Crippen LogP contribution in [-0.2, 0) is 17.6 Å². The minimum absolute atomic E-state index is 0.101. The molecule has 5 nitrogen and oxygen atoms in total. The van der Waals surface area contributed by atoms with Crippen LogP contribution in [0.15, 0.2) is 6.07 Å². The van der Waals surface area contributed by atoms with E-state index < -0.39 is 0 Å². The number of piperidine rings is 1. The van der Waals surface area contributed by atoms with Crippen LogP contribution in [-0.4, -0.2) is 53.3 Å². The SMILES string of the molecule is NC(=O)C1CCCN1C1CCN(C(=O)c2cc3c(s2)CCCC3)CC1. The van der Waals surface area contributed by atoms with Gasteiger partial charge in [0, 0.05) is 24.0 Å². The maximum absolute atomic E-state index is 12.9. The number of carbonyl (C=O) groups excluding carboxylic acids is 2. The van der Waals surface area contributed by atoms with Crippen LogP contribution in [0, 0.1) is 0 Å². The summed E-state index contributed by atoms with van der Waals surface area (Å²) >= 11 is 1.70. The number of amides is 2. The summed E-state index contributed by atoms with van der Waals surface area (Å²) in [4.78, 5) is 31.1. The van der Waals surface area contributed by atoms with Gasteiger partial charge in [0.25, 0.3) is 5.91 Å². The summed E-state index contributed by atoms with van der Waals surface area (Å²) in [6.45, 7) is 2.53. The molecule has 0 bridgehead atoms. The Morgan fingerprint density at radius 3 is 2.52 bits per heavy atom. The lowest BCUT2D eigenvalue weighted by molar-refractivity contribution is -0.123. The smallest absolute Gasteiger partial charge is 0.263 e. The Morgan fingerprint density at radius 1 is 1.04 bits per heavy atom. The summed E-state index contributed by atoms with van der Waals surface area (Å²) in [5.74, 6) is 0.00546. The average Bonchev–Trinajstić information content (AvgIpc) is 3.28. The Morgan fingerprint density at radius 2 is 1.80 bits per heavy atom. The highest BCUT2D eigenvalue weighted by Crippen LogP contribution is 2.31. The lowest BCUT2D eigenvalue weighted by Crippen LogP contribution is -2.51. The number of hydrogen-bond acceptors (Lipinski definition) is 4. The van der Waals surface area contributed by atoms with Crippen molar-refractivity contribution < 1.29 is 9.59 Å². The molecule has 2 fully saturated rings. The second-order valence-corrected chi connectivity index (χ2v) is 8.72. The van der Waals surface area contributed by atoms with Crippen LogP contribution in [0.2, 0.25) is 0 Å². The van der Waals surface area contributed by atoms with E-state index in [9.17, 15) is 9.59 Å². The minimum Gasteiger partial charge on any atom is -0.368 e. The molecule has 4 rings (SSSR count). The predicted octanol–water partition coefficient (Wildman–Crippen LogP) is 2.18. The van der Waals surface area contributed by atoms with Crippen LogP contribution in [0.3, 0.4) is 0 Å². The molecule has 2 aliphatic heterocycles. The summed E-state index contributed by atoms with van der Waals surface area (Å²) in [6, 6.07) is 2.42. The van der Waals surface area contributed by atoms with Gasteiger partial charge in [-0.1, -0.05) is 0 Å². The Bertz CT molecular complexity index is 640. The summed E-state index contributed by atoms with van der Waals surface area (Å²) < 4.78 is 0. The monoisotopic (exact) mass is 361 g/mol. The molecule has 6 heteroatoms. The molecular formula is C19H27N3O2S. The first-order chi connectivity index (χ1) is 12.1. The van der Waals surface area contributed by atoms with Crippen LogP contribution in [0.1, 0.15) is 58.6 Å². The number of carbonyl (C=O) groups is 2. The molecule has 1 aromatic rings. The lowest BCUT2D eigenvalue weighted by atomic mass is 9.99. The number of likely N-dealkylation sites (tertiary alicyclic amines) is 2. The van der Waals surface area contributed by atoms with Crippen molar-refractivity contribution in [3.63, 3.8) is 0 Å². The average molecular weight is 362 g/mol. The highest BCUT2D eigenvalue weighted by atomic mass is 32.1. The van der Waals surface area contributed by atoms with Crippen LogP contribution in [0.5, 0.6) is 0 Å². The molecule has 2 amide bonds. The van der Waals surface area contributed by atoms with Gasteiger partial charge < -0.3 is 10.6 Å². The highest BCUT2D eigenvalue weighted by molar-refractivity contribution is 7.14. The molecule has 0 saturated carbocycles. The van der Waals surface area contributed by atoms with Crippen molar-refractivity contribution in [2.75, 3.05) is 19.6 Å². The van der Waals surface area contributed by atoms with Gasteiger partial charge in [0.1, 0.15) is 0 Å². The molecule has 2 saturated heterocycles. The van der Waals surface area contributed by atoms with Crippen molar-refractivity contribution >= 4 is 23.2 Å². The van der Waals surface area contributed by atoms with Crippen molar-refractivity contribution in [2.24, 2.45) is 5.73 Å². The van der Waals surface area contributed by atoms with Crippen molar-refractivity contribution in [3.05, 3.63) is 21.4 Å². The number of thiophene rings is 1. The van der Waals surface area contributed by atoms with Crippen LogP contribution >= 0.6 is 11.3 Å². The number of fused-ring (bicyclic) bond motifs is 1. The van der Waals surface area contributed by atoms with E-state index in [-0.39, 0.29) is 17.9 Å². The van der Waals surface area contributed by atoms with Crippen molar-refractivity contribution in [3.8, 4) is 0 Å². The van der Waals surface area contributed by atoms with Crippen LogP contribution in [0.4, 0.5) is 0 Å². The van der Waals surface area contributed by atoms with Gasteiger partial charge in [-0.05, 0) is 69.5 Å². The third kappa shape index (κ3) is 3.34. The Labute approximate surface area is 153 Å². The number of primary amides is 1. The van der Waals surface area contributed by atoms with Gasteiger partial charge >= 0.3 is 0 Å². The zero-order valence-electron chi connectivity index (χ0n) is 14.7. The number of rotatable bonds is 3. The number of hydrogen-bond donors (Lipinski definition) is 1. The first kappa shape index (κ1) is 17.0. The van der Waals surface area contributed by atoms with E-state index in [4.69, 9.17) is 5.73 Å². The summed E-state index contributed by atoms with van der Waals surface area (Å²) in [7, 11) is 0. The van der Waals surface area contributed by atoms with Crippen LogP contribution in [0.25, 0.3) is 0 Å².